The minimum absolute atomic E-state index is 0.0570. The van der Waals surface area contributed by atoms with Crippen LogP contribution < -0.4 is 18.9 Å². The largest absolute Gasteiger partial charge is 0.497 e. The van der Waals surface area contributed by atoms with E-state index in [1.807, 2.05) is 18.2 Å². The van der Waals surface area contributed by atoms with Gasteiger partial charge in [-0.05, 0) is 34.9 Å². The average Bonchev–Trinajstić information content (AvgIpc) is 3.60. The van der Waals surface area contributed by atoms with Crippen LogP contribution in [0.3, 0.4) is 0 Å². The normalized spacial score (nSPS) is 14.9. The Kier molecular flexibility index (Phi) is 9.99. The fourth-order valence-electron chi connectivity index (χ4n) is 5.11. The SMILES string of the molecule is COc1cc2c(c(OCCCOc3cc4c(cc3OC)CN(C(=O)CC(C)C(=O)O)C4)c1)CN(C(=O)CC(C)C(=O)O)C2. The van der Waals surface area contributed by atoms with E-state index in [0.29, 0.717) is 68.8 Å². The number of hydrogen-bond donors (Lipinski definition) is 2. The number of nitrogens with zero attached hydrogens (tertiary/aromatic N) is 2. The van der Waals surface area contributed by atoms with Gasteiger partial charge in [0.05, 0.1) is 39.3 Å². The molecule has 0 aliphatic carbocycles. The Morgan fingerprint density at radius 3 is 1.74 bits per heavy atom. The highest BCUT2D eigenvalue weighted by molar-refractivity contribution is 5.83. The summed E-state index contributed by atoms with van der Waals surface area (Å²) >= 11 is 0. The highest BCUT2D eigenvalue weighted by Crippen LogP contribution is 2.37. The molecule has 0 saturated carbocycles. The van der Waals surface area contributed by atoms with Gasteiger partial charge in [-0.15, -0.1) is 0 Å². The molecule has 0 aromatic heterocycles. The van der Waals surface area contributed by atoms with Crippen LogP contribution in [0.4, 0.5) is 0 Å². The van der Waals surface area contributed by atoms with E-state index in [0.717, 1.165) is 22.3 Å². The summed E-state index contributed by atoms with van der Waals surface area (Å²) in [6, 6.07) is 7.34. The van der Waals surface area contributed by atoms with E-state index in [1.54, 1.807) is 30.1 Å². The number of ether oxygens (including phenoxy) is 4. The van der Waals surface area contributed by atoms with Gasteiger partial charge in [-0.2, -0.15) is 0 Å². The van der Waals surface area contributed by atoms with Crippen molar-refractivity contribution in [2.24, 2.45) is 11.8 Å². The highest BCUT2D eigenvalue weighted by atomic mass is 16.5. The van der Waals surface area contributed by atoms with Crippen molar-refractivity contribution >= 4 is 23.8 Å². The molecule has 2 amide bonds. The molecule has 2 aliphatic rings. The number of carbonyl (C=O) groups is 4. The van der Waals surface area contributed by atoms with Crippen LogP contribution in [0.15, 0.2) is 24.3 Å². The number of fused-ring (bicyclic) bond motifs is 2. The van der Waals surface area contributed by atoms with Gasteiger partial charge in [0.2, 0.25) is 11.8 Å². The lowest BCUT2D eigenvalue weighted by Crippen LogP contribution is -2.28. The number of carbonyl (C=O) groups excluding carboxylic acids is 2. The number of benzene rings is 2. The number of amides is 2. The Labute approximate surface area is 250 Å². The molecule has 232 valence electrons. The van der Waals surface area contributed by atoms with Crippen molar-refractivity contribution in [2.45, 2.75) is 59.3 Å². The zero-order chi connectivity index (χ0) is 31.3. The van der Waals surface area contributed by atoms with Crippen LogP contribution in [0, 0.1) is 11.8 Å². The molecule has 0 saturated heterocycles. The van der Waals surface area contributed by atoms with Gasteiger partial charge in [0.25, 0.3) is 0 Å². The van der Waals surface area contributed by atoms with Gasteiger partial charge in [-0.3, -0.25) is 19.2 Å². The monoisotopic (exact) mass is 598 g/mol. The van der Waals surface area contributed by atoms with E-state index in [-0.39, 0.29) is 24.7 Å². The van der Waals surface area contributed by atoms with Crippen LogP contribution in [-0.4, -0.2) is 71.2 Å². The van der Waals surface area contributed by atoms with Crippen molar-refractivity contribution in [2.75, 3.05) is 27.4 Å². The summed E-state index contributed by atoms with van der Waals surface area (Å²) in [5.74, 6) is -1.66. The van der Waals surface area contributed by atoms with E-state index in [2.05, 4.69) is 0 Å². The van der Waals surface area contributed by atoms with Crippen LogP contribution in [0.25, 0.3) is 0 Å². The first-order chi connectivity index (χ1) is 20.5. The Bertz CT molecular complexity index is 1390. The number of hydrogen-bond acceptors (Lipinski definition) is 8. The zero-order valence-corrected chi connectivity index (χ0v) is 24.9. The Balaban J connectivity index is 1.32. The van der Waals surface area contributed by atoms with E-state index in [9.17, 15) is 19.2 Å². The van der Waals surface area contributed by atoms with E-state index < -0.39 is 23.8 Å². The summed E-state index contributed by atoms with van der Waals surface area (Å²) in [7, 11) is 3.10. The zero-order valence-electron chi connectivity index (χ0n) is 24.9. The number of rotatable bonds is 14. The van der Waals surface area contributed by atoms with Crippen molar-refractivity contribution in [1.29, 1.82) is 0 Å². The molecular formula is C31H38N2O10. The lowest BCUT2D eigenvalue weighted by molar-refractivity contribution is -0.145. The second kappa shape index (κ2) is 13.7. The number of carboxylic acids is 2. The molecule has 43 heavy (non-hydrogen) atoms. The second-order valence-corrected chi connectivity index (χ2v) is 11.0. The van der Waals surface area contributed by atoms with Crippen molar-refractivity contribution in [3.8, 4) is 23.0 Å². The molecule has 2 aliphatic heterocycles. The molecule has 0 radical (unpaired) electrons. The highest BCUT2D eigenvalue weighted by Gasteiger charge is 2.30. The molecule has 0 bridgehead atoms. The first-order valence-corrected chi connectivity index (χ1v) is 14.2. The summed E-state index contributed by atoms with van der Waals surface area (Å²) < 4.78 is 23.0. The van der Waals surface area contributed by atoms with E-state index in [4.69, 9.17) is 29.2 Å². The maximum Gasteiger partial charge on any atom is 0.306 e. The summed E-state index contributed by atoms with van der Waals surface area (Å²) in [6.45, 7) is 5.15. The minimum Gasteiger partial charge on any atom is -0.497 e. The van der Waals surface area contributed by atoms with E-state index >= 15 is 0 Å². The fraction of sp³-hybridized carbons (Fsp3) is 0.484. The minimum atomic E-state index is -1.00. The quantitative estimate of drug-likeness (QED) is 0.309. The standard InChI is InChI=1S/C31H38N2O10/c1-18(30(36)37)8-28(34)32-14-20-11-26(41-4)27(12-21(20)15-32)43-7-5-6-42-25-13-23(40-3)10-22-16-33(17-24(22)25)29(35)9-19(2)31(38)39/h10-13,18-19H,5-9,14-17H2,1-4H3,(H,36,37)(H,38,39). The van der Waals surface area contributed by atoms with E-state index in [1.165, 1.54) is 13.8 Å². The Morgan fingerprint density at radius 1 is 0.698 bits per heavy atom. The summed E-state index contributed by atoms with van der Waals surface area (Å²) in [6.07, 6.45) is 0.416. The predicted octanol–water partition coefficient (Wildman–Crippen LogP) is 3.46. The van der Waals surface area contributed by atoms with Crippen LogP contribution >= 0.6 is 0 Å². The van der Waals surface area contributed by atoms with Crippen LogP contribution in [0.1, 0.15) is 55.4 Å². The molecule has 2 heterocycles. The van der Waals surface area contributed by atoms with Crippen LogP contribution in [0.2, 0.25) is 0 Å². The Hall–Kier alpha value is -4.48. The maximum atomic E-state index is 12.7. The number of carboxylic acid groups (broad SMARTS) is 2. The lowest BCUT2D eigenvalue weighted by Gasteiger charge is -2.17. The third-order valence-corrected chi connectivity index (χ3v) is 7.74. The van der Waals surface area contributed by atoms with Gasteiger partial charge in [-0.25, -0.2) is 0 Å². The van der Waals surface area contributed by atoms with Crippen LogP contribution in [0.5, 0.6) is 23.0 Å². The topological polar surface area (TPSA) is 152 Å². The summed E-state index contributed by atoms with van der Waals surface area (Å²) in [5, 5.41) is 18.3. The van der Waals surface area contributed by atoms with Crippen molar-refractivity contribution in [3.63, 3.8) is 0 Å². The van der Waals surface area contributed by atoms with Gasteiger partial charge in [0, 0.05) is 57.1 Å². The number of aliphatic carboxylic acids is 2. The lowest BCUT2D eigenvalue weighted by atomic mass is 10.1. The Morgan fingerprint density at radius 2 is 1.21 bits per heavy atom. The fourth-order valence-corrected chi connectivity index (χ4v) is 5.11. The first-order valence-electron chi connectivity index (χ1n) is 14.2. The second-order valence-electron chi connectivity index (χ2n) is 11.0. The van der Waals surface area contributed by atoms with Gasteiger partial charge in [0.1, 0.15) is 11.5 Å². The molecule has 12 heteroatoms. The average molecular weight is 599 g/mol. The smallest absolute Gasteiger partial charge is 0.306 e. The molecule has 2 aromatic rings. The molecule has 2 aromatic carbocycles. The molecule has 4 rings (SSSR count). The molecule has 2 atom stereocenters. The maximum absolute atomic E-state index is 12.7. The van der Waals surface area contributed by atoms with Gasteiger partial charge >= 0.3 is 11.9 Å². The summed E-state index contributed by atoms with van der Waals surface area (Å²) in [5.41, 5.74) is 3.62. The van der Waals surface area contributed by atoms with Crippen molar-refractivity contribution < 1.29 is 48.3 Å². The van der Waals surface area contributed by atoms with Crippen molar-refractivity contribution in [3.05, 3.63) is 46.5 Å². The molecule has 12 nitrogen and oxygen atoms in total. The third kappa shape index (κ3) is 7.49. The van der Waals surface area contributed by atoms with Gasteiger partial charge in [-0.1, -0.05) is 13.8 Å². The van der Waals surface area contributed by atoms with Gasteiger partial charge < -0.3 is 39.0 Å². The molecule has 0 spiro atoms. The molecule has 0 fully saturated rings. The molecular weight excluding hydrogens is 560 g/mol. The first kappa shape index (κ1) is 31.5. The number of methoxy groups -OCH3 is 2. The van der Waals surface area contributed by atoms with Gasteiger partial charge in [0.15, 0.2) is 11.5 Å². The summed E-state index contributed by atoms with van der Waals surface area (Å²) in [4.78, 5) is 50.9. The predicted molar refractivity (Wildman–Crippen MR) is 153 cm³/mol. The molecule has 2 unspecified atom stereocenters. The van der Waals surface area contributed by atoms with Crippen molar-refractivity contribution in [1.82, 2.24) is 9.80 Å². The molecule has 2 N–H and O–H groups in total. The van der Waals surface area contributed by atoms with Crippen LogP contribution in [-0.2, 0) is 45.4 Å². The third-order valence-electron chi connectivity index (χ3n) is 7.74.